The second-order valence-corrected chi connectivity index (χ2v) is 7.00. The lowest BCUT2D eigenvalue weighted by Gasteiger charge is -2.02. The SMILES string of the molecule is CCOC(=O)Cc1sc(Sc2cccc(C(=O)OCC)n2)nc1C. The summed E-state index contributed by atoms with van der Waals surface area (Å²) in [4.78, 5) is 32.9. The van der Waals surface area contributed by atoms with Crippen molar-refractivity contribution in [2.75, 3.05) is 13.2 Å². The highest BCUT2D eigenvalue weighted by atomic mass is 32.2. The molecule has 0 amide bonds. The molecule has 0 spiro atoms. The van der Waals surface area contributed by atoms with E-state index in [0.29, 0.717) is 18.2 Å². The predicted octanol–water partition coefficient (Wildman–Crippen LogP) is 3.28. The Labute approximate surface area is 148 Å². The minimum atomic E-state index is -0.446. The second-order valence-electron chi connectivity index (χ2n) is 4.65. The average Bonchev–Trinajstić information content (AvgIpc) is 2.87. The van der Waals surface area contributed by atoms with Crippen molar-refractivity contribution < 1.29 is 19.1 Å². The molecule has 2 aromatic rings. The lowest BCUT2D eigenvalue weighted by molar-refractivity contribution is -0.142. The molecule has 0 aliphatic heterocycles. The molecule has 6 nitrogen and oxygen atoms in total. The van der Waals surface area contributed by atoms with E-state index in [1.807, 2.05) is 6.92 Å². The Morgan fingerprint density at radius 1 is 1.17 bits per heavy atom. The minimum absolute atomic E-state index is 0.216. The van der Waals surface area contributed by atoms with Gasteiger partial charge in [0.15, 0.2) is 4.34 Å². The topological polar surface area (TPSA) is 78.4 Å². The van der Waals surface area contributed by atoms with Crippen LogP contribution < -0.4 is 0 Å². The molecule has 128 valence electrons. The van der Waals surface area contributed by atoms with Crippen LogP contribution in [0.3, 0.4) is 0 Å². The molecule has 2 aromatic heterocycles. The van der Waals surface area contributed by atoms with Crippen LogP contribution in [0.15, 0.2) is 27.6 Å². The molecule has 0 atom stereocenters. The van der Waals surface area contributed by atoms with E-state index < -0.39 is 5.97 Å². The van der Waals surface area contributed by atoms with Crippen molar-refractivity contribution in [3.05, 3.63) is 34.5 Å². The molecule has 8 heteroatoms. The van der Waals surface area contributed by atoms with Gasteiger partial charge in [-0.05, 0) is 44.7 Å². The fraction of sp³-hybridized carbons (Fsp3) is 0.375. The summed E-state index contributed by atoms with van der Waals surface area (Å²) < 4.78 is 10.7. The first-order valence-electron chi connectivity index (χ1n) is 7.47. The average molecular weight is 366 g/mol. The lowest BCUT2D eigenvalue weighted by atomic mass is 10.3. The van der Waals surface area contributed by atoms with Gasteiger partial charge >= 0.3 is 11.9 Å². The highest BCUT2D eigenvalue weighted by Crippen LogP contribution is 2.32. The highest BCUT2D eigenvalue weighted by molar-refractivity contribution is 8.01. The molecule has 0 radical (unpaired) electrons. The van der Waals surface area contributed by atoms with Gasteiger partial charge in [0.05, 0.1) is 25.3 Å². The Morgan fingerprint density at radius 2 is 1.92 bits per heavy atom. The smallest absolute Gasteiger partial charge is 0.356 e. The van der Waals surface area contributed by atoms with Gasteiger partial charge in [0.2, 0.25) is 0 Å². The van der Waals surface area contributed by atoms with Crippen LogP contribution in [0.25, 0.3) is 0 Å². The normalized spacial score (nSPS) is 10.5. The number of pyridine rings is 1. The molecule has 24 heavy (non-hydrogen) atoms. The van der Waals surface area contributed by atoms with Crippen LogP contribution in [0.5, 0.6) is 0 Å². The number of esters is 2. The van der Waals surface area contributed by atoms with E-state index in [1.54, 1.807) is 32.0 Å². The summed E-state index contributed by atoms with van der Waals surface area (Å²) in [5.41, 5.74) is 1.07. The van der Waals surface area contributed by atoms with Crippen molar-refractivity contribution >= 4 is 35.0 Å². The molecule has 2 rings (SSSR count). The highest BCUT2D eigenvalue weighted by Gasteiger charge is 2.15. The third kappa shape index (κ3) is 5.04. The molecule has 0 bridgehead atoms. The molecule has 0 saturated heterocycles. The van der Waals surface area contributed by atoms with E-state index in [2.05, 4.69) is 9.97 Å². The molecule has 0 aliphatic rings. The number of nitrogens with zero attached hydrogens (tertiary/aromatic N) is 2. The van der Waals surface area contributed by atoms with Gasteiger partial charge in [-0.1, -0.05) is 6.07 Å². The van der Waals surface area contributed by atoms with Gasteiger partial charge in [-0.15, -0.1) is 11.3 Å². The van der Waals surface area contributed by atoms with Gasteiger partial charge in [0.1, 0.15) is 10.7 Å². The van der Waals surface area contributed by atoms with Crippen molar-refractivity contribution in [1.82, 2.24) is 9.97 Å². The predicted molar refractivity (Wildman–Crippen MR) is 91.5 cm³/mol. The number of ether oxygens (including phenoxy) is 2. The standard InChI is InChI=1S/C16H18N2O4S2/c1-4-21-14(19)9-12-10(3)17-16(23-12)24-13-8-6-7-11(18-13)15(20)22-5-2/h6-8H,4-5,9H2,1-3H3. The number of carbonyl (C=O) groups excluding carboxylic acids is 2. The van der Waals surface area contributed by atoms with Gasteiger partial charge in [0, 0.05) is 4.88 Å². The number of hydrogen-bond donors (Lipinski definition) is 0. The summed E-state index contributed by atoms with van der Waals surface area (Å²) in [5, 5.41) is 0.650. The van der Waals surface area contributed by atoms with Crippen LogP contribution >= 0.6 is 23.1 Å². The van der Waals surface area contributed by atoms with Crippen LogP contribution in [0, 0.1) is 6.92 Å². The Balaban J connectivity index is 2.10. The maximum Gasteiger partial charge on any atom is 0.356 e. The van der Waals surface area contributed by atoms with Crippen LogP contribution in [0.4, 0.5) is 0 Å². The van der Waals surface area contributed by atoms with Crippen molar-refractivity contribution in [1.29, 1.82) is 0 Å². The van der Waals surface area contributed by atoms with Gasteiger partial charge in [0.25, 0.3) is 0 Å². The summed E-state index contributed by atoms with van der Waals surface area (Å²) in [7, 11) is 0. The fourth-order valence-corrected chi connectivity index (χ4v) is 3.99. The first-order chi connectivity index (χ1) is 11.5. The summed E-state index contributed by atoms with van der Waals surface area (Å²) in [5.74, 6) is -0.707. The van der Waals surface area contributed by atoms with E-state index in [9.17, 15) is 9.59 Å². The summed E-state index contributed by atoms with van der Waals surface area (Å²) >= 11 is 2.78. The molecule has 0 aromatic carbocycles. The van der Waals surface area contributed by atoms with Crippen LogP contribution in [-0.4, -0.2) is 35.1 Å². The quantitative estimate of drug-likeness (QED) is 0.696. The Morgan fingerprint density at radius 3 is 2.62 bits per heavy atom. The molecule has 0 aliphatic carbocycles. The molecule has 0 saturated carbocycles. The molecule has 0 N–H and O–H groups in total. The number of thiazole rings is 1. The molecule has 0 unspecified atom stereocenters. The first kappa shape index (κ1) is 18.4. The zero-order valence-corrected chi connectivity index (χ0v) is 15.3. The van der Waals surface area contributed by atoms with E-state index in [0.717, 1.165) is 14.9 Å². The van der Waals surface area contributed by atoms with Gasteiger partial charge in [-0.3, -0.25) is 4.79 Å². The maximum absolute atomic E-state index is 11.7. The van der Waals surface area contributed by atoms with E-state index >= 15 is 0 Å². The summed E-state index contributed by atoms with van der Waals surface area (Å²) in [6, 6.07) is 5.16. The first-order valence-corrected chi connectivity index (χ1v) is 9.10. The maximum atomic E-state index is 11.7. The summed E-state index contributed by atoms with van der Waals surface area (Å²) in [6.45, 7) is 6.06. The van der Waals surface area contributed by atoms with Crippen molar-refractivity contribution in [2.24, 2.45) is 0 Å². The van der Waals surface area contributed by atoms with Crippen LogP contribution in [0.1, 0.15) is 34.9 Å². The van der Waals surface area contributed by atoms with Gasteiger partial charge in [-0.25, -0.2) is 14.8 Å². The lowest BCUT2D eigenvalue weighted by Crippen LogP contribution is -2.07. The van der Waals surface area contributed by atoms with Crippen molar-refractivity contribution in [3.63, 3.8) is 0 Å². The Hall–Kier alpha value is -1.93. The van der Waals surface area contributed by atoms with E-state index in [1.165, 1.54) is 23.1 Å². The molecular weight excluding hydrogens is 348 g/mol. The monoisotopic (exact) mass is 366 g/mol. The molecule has 0 fully saturated rings. The third-order valence-corrected chi connectivity index (χ3v) is 5.04. The zero-order chi connectivity index (χ0) is 17.5. The summed E-state index contributed by atoms with van der Waals surface area (Å²) in [6.07, 6.45) is 0.216. The zero-order valence-electron chi connectivity index (χ0n) is 13.7. The second kappa shape index (κ2) is 8.79. The van der Waals surface area contributed by atoms with Gasteiger partial charge < -0.3 is 9.47 Å². The van der Waals surface area contributed by atoms with Gasteiger partial charge in [-0.2, -0.15) is 0 Å². The number of rotatable bonds is 7. The molecular formula is C16H18N2O4S2. The number of aromatic nitrogens is 2. The Bertz CT molecular complexity index is 731. The number of carbonyl (C=O) groups is 2. The fourth-order valence-electron chi connectivity index (χ4n) is 1.83. The van der Waals surface area contributed by atoms with Crippen molar-refractivity contribution in [3.8, 4) is 0 Å². The van der Waals surface area contributed by atoms with E-state index in [-0.39, 0.29) is 18.1 Å². The molecule has 2 heterocycles. The Kier molecular flexibility index (Phi) is 6.74. The number of hydrogen-bond acceptors (Lipinski definition) is 8. The minimum Gasteiger partial charge on any atom is -0.466 e. The third-order valence-electron chi connectivity index (χ3n) is 2.88. The van der Waals surface area contributed by atoms with Crippen LogP contribution in [-0.2, 0) is 20.7 Å². The largest absolute Gasteiger partial charge is 0.466 e. The van der Waals surface area contributed by atoms with Crippen molar-refractivity contribution in [2.45, 2.75) is 36.6 Å². The van der Waals surface area contributed by atoms with E-state index in [4.69, 9.17) is 9.47 Å². The van der Waals surface area contributed by atoms with Crippen LogP contribution in [0.2, 0.25) is 0 Å². The number of aryl methyl sites for hydroxylation is 1.